The number of nitrogens with one attached hydrogen (secondary N) is 1. The van der Waals surface area contributed by atoms with Gasteiger partial charge in [0.1, 0.15) is 0 Å². The second-order valence-corrected chi connectivity index (χ2v) is 7.35. The number of urea groups is 1. The van der Waals surface area contributed by atoms with Crippen LogP contribution in [0.2, 0.25) is 0 Å². The van der Waals surface area contributed by atoms with Crippen LogP contribution in [-0.2, 0) is 4.74 Å². The van der Waals surface area contributed by atoms with Gasteiger partial charge in [0.15, 0.2) is 17.3 Å². The van der Waals surface area contributed by atoms with Gasteiger partial charge in [-0.25, -0.2) is 4.79 Å². The molecule has 1 aromatic carbocycles. The molecule has 2 fully saturated rings. The van der Waals surface area contributed by atoms with E-state index in [0.29, 0.717) is 43.5 Å². The lowest BCUT2D eigenvalue weighted by molar-refractivity contribution is 0.122. The van der Waals surface area contributed by atoms with Gasteiger partial charge in [0.05, 0.1) is 39.3 Å². The minimum absolute atomic E-state index is 0.131. The highest BCUT2D eigenvalue weighted by Crippen LogP contribution is 2.30. The van der Waals surface area contributed by atoms with Crippen LogP contribution in [0.1, 0.15) is 0 Å². The molecule has 2 aliphatic heterocycles. The maximum absolute atomic E-state index is 12.7. The highest BCUT2D eigenvalue weighted by molar-refractivity contribution is 5.90. The summed E-state index contributed by atoms with van der Waals surface area (Å²) in [5.74, 6) is 2.07. The number of carbonyl (C=O) groups is 1. The number of nitrogens with zero attached hydrogens (tertiary/aromatic N) is 5. The summed E-state index contributed by atoms with van der Waals surface area (Å²) in [4.78, 5) is 18.9. The molecule has 31 heavy (non-hydrogen) atoms. The van der Waals surface area contributed by atoms with Gasteiger partial charge < -0.3 is 34.2 Å². The maximum atomic E-state index is 12.7. The first kappa shape index (κ1) is 21.0. The third-order valence-electron chi connectivity index (χ3n) is 5.53. The zero-order chi connectivity index (χ0) is 21.6. The zero-order valence-electron chi connectivity index (χ0n) is 17.9. The van der Waals surface area contributed by atoms with Gasteiger partial charge in [0, 0.05) is 57.1 Å². The molecular formula is C21H28N6O4. The predicted molar refractivity (Wildman–Crippen MR) is 117 cm³/mol. The first-order valence-corrected chi connectivity index (χ1v) is 10.4. The molecule has 2 amide bonds. The van der Waals surface area contributed by atoms with E-state index in [1.54, 1.807) is 38.6 Å². The van der Waals surface area contributed by atoms with E-state index in [-0.39, 0.29) is 6.03 Å². The van der Waals surface area contributed by atoms with Crippen LogP contribution < -0.4 is 24.6 Å². The Kier molecular flexibility index (Phi) is 6.56. The zero-order valence-corrected chi connectivity index (χ0v) is 17.9. The summed E-state index contributed by atoms with van der Waals surface area (Å²) in [7, 11) is 3.15. The molecule has 0 aliphatic carbocycles. The van der Waals surface area contributed by atoms with Crippen LogP contribution in [0.5, 0.6) is 11.5 Å². The van der Waals surface area contributed by atoms with Crippen molar-refractivity contribution in [3.05, 3.63) is 30.5 Å². The van der Waals surface area contributed by atoms with Gasteiger partial charge in [-0.15, -0.1) is 5.10 Å². The lowest BCUT2D eigenvalue weighted by Crippen LogP contribution is -2.50. The summed E-state index contributed by atoms with van der Waals surface area (Å²) >= 11 is 0. The molecule has 3 heterocycles. The van der Waals surface area contributed by atoms with Gasteiger partial charge in [-0.05, 0) is 12.1 Å². The molecule has 0 spiro atoms. The van der Waals surface area contributed by atoms with E-state index >= 15 is 0 Å². The smallest absolute Gasteiger partial charge is 0.321 e. The fourth-order valence-electron chi connectivity index (χ4n) is 3.75. The van der Waals surface area contributed by atoms with E-state index in [9.17, 15) is 4.79 Å². The highest BCUT2D eigenvalue weighted by Gasteiger charge is 2.23. The van der Waals surface area contributed by atoms with E-state index < -0.39 is 0 Å². The number of amides is 2. The molecule has 4 rings (SSSR count). The molecule has 0 saturated carbocycles. The molecule has 1 N–H and O–H groups in total. The van der Waals surface area contributed by atoms with Crippen LogP contribution in [0.25, 0.3) is 0 Å². The molecule has 2 saturated heterocycles. The summed E-state index contributed by atoms with van der Waals surface area (Å²) < 4.78 is 16.0. The molecule has 0 unspecified atom stereocenters. The Bertz CT molecular complexity index is 897. The van der Waals surface area contributed by atoms with E-state index in [2.05, 4.69) is 31.4 Å². The van der Waals surface area contributed by atoms with Gasteiger partial charge in [0.2, 0.25) is 0 Å². The summed E-state index contributed by atoms with van der Waals surface area (Å²) in [6, 6.07) is 7.26. The summed E-state index contributed by atoms with van der Waals surface area (Å²) in [6.45, 7) is 5.76. The van der Waals surface area contributed by atoms with E-state index in [1.165, 1.54) is 0 Å². The summed E-state index contributed by atoms with van der Waals surface area (Å²) in [6.07, 6.45) is 1.78. The van der Waals surface area contributed by atoms with Crippen molar-refractivity contribution in [3.8, 4) is 11.5 Å². The van der Waals surface area contributed by atoms with Gasteiger partial charge in [0.25, 0.3) is 0 Å². The lowest BCUT2D eigenvalue weighted by Gasteiger charge is -2.36. The van der Waals surface area contributed by atoms with Crippen molar-refractivity contribution in [1.29, 1.82) is 0 Å². The van der Waals surface area contributed by atoms with Crippen LogP contribution in [0.15, 0.2) is 30.5 Å². The van der Waals surface area contributed by atoms with Gasteiger partial charge in [-0.3, -0.25) is 0 Å². The van der Waals surface area contributed by atoms with Crippen molar-refractivity contribution in [2.45, 2.75) is 0 Å². The minimum Gasteiger partial charge on any atom is -0.493 e. The van der Waals surface area contributed by atoms with Crippen molar-refractivity contribution in [2.24, 2.45) is 0 Å². The molecule has 10 heteroatoms. The number of anilines is 3. The fraction of sp³-hybridized carbons (Fsp3) is 0.476. The van der Waals surface area contributed by atoms with Crippen molar-refractivity contribution in [2.75, 3.05) is 81.8 Å². The Morgan fingerprint density at radius 1 is 0.968 bits per heavy atom. The molecule has 10 nitrogen and oxygen atoms in total. The van der Waals surface area contributed by atoms with Crippen molar-refractivity contribution < 1.29 is 19.0 Å². The second kappa shape index (κ2) is 9.69. The molecule has 0 bridgehead atoms. The SMILES string of the molecule is COc1ccc(NC(=O)N2CCN(c3cnnc(N4CCOCC4)c3)CC2)cc1OC. The third-order valence-corrected chi connectivity index (χ3v) is 5.53. The number of rotatable bonds is 5. The summed E-state index contributed by atoms with van der Waals surface area (Å²) in [5, 5.41) is 11.4. The Morgan fingerprint density at radius 2 is 1.71 bits per heavy atom. The number of morpholine rings is 1. The number of aromatic nitrogens is 2. The number of benzene rings is 1. The van der Waals surface area contributed by atoms with Gasteiger partial charge >= 0.3 is 6.03 Å². The molecule has 0 radical (unpaired) electrons. The molecular weight excluding hydrogens is 400 g/mol. The van der Waals surface area contributed by atoms with Gasteiger partial charge in [-0.1, -0.05) is 0 Å². The standard InChI is InChI=1S/C21H28N6O4/c1-29-18-4-3-16(13-19(18)30-2)23-21(28)27-7-5-25(6-8-27)17-14-20(24-22-15-17)26-9-11-31-12-10-26/h3-4,13-15H,5-12H2,1-2H3,(H,23,28). The largest absolute Gasteiger partial charge is 0.493 e. The molecule has 1 aromatic heterocycles. The van der Waals surface area contributed by atoms with Gasteiger partial charge in [-0.2, -0.15) is 5.10 Å². The number of carbonyl (C=O) groups excluding carboxylic acids is 1. The van der Waals surface area contributed by atoms with Crippen LogP contribution in [0, 0.1) is 0 Å². The fourth-order valence-corrected chi connectivity index (χ4v) is 3.75. The first-order chi connectivity index (χ1) is 15.2. The highest BCUT2D eigenvalue weighted by atomic mass is 16.5. The van der Waals surface area contributed by atoms with E-state index in [4.69, 9.17) is 14.2 Å². The number of ether oxygens (including phenoxy) is 3. The van der Waals surface area contributed by atoms with Crippen LogP contribution >= 0.6 is 0 Å². The van der Waals surface area contributed by atoms with Crippen LogP contribution in [0.3, 0.4) is 0 Å². The number of piperazine rings is 1. The maximum Gasteiger partial charge on any atom is 0.321 e. The lowest BCUT2D eigenvalue weighted by atomic mass is 10.2. The monoisotopic (exact) mass is 428 g/mol. The quantitative estimate of drug-likeness (QED) is 0.769. The normalized spacial score (nSPS) is 16.8. The van der Waals surface area contributed by atoms with E-state index in [0.717, 1.165) is 37.7 Å². The van der Waals surface area contributed by atoms with Crippen molar-refractivity contribution >= 4 is 23.2 Å². The Morgan fingerprint density at radius 3 is 2.42 bits per heavy atom. The van der Waals surface area contributed by atoms with Crippen molar-refractivity contribution in [3.63, 3.8) is 0 Å². The molecule has 2 aromatic rings. The van der Waals surface area contributed by atoms with Crippen molar-refractivity contribution in [1.82, 2.24) is 15.1 Å². The average Bonchev–Trinajstić information content (AvgIpc) is 2.84. The molecule has 166 valence electrons. The van der Waals surface area contributed by atoms with Crippen LogP contribution in [0.4, 0.5) is 22.0 Å². The molecule has 0 atom stereocenters. The van der Waals surface area contributed by atoms with E-state index in [1.807, 2.05) is 4.90 Å². The average molecular weight is 428 g/mol. The second-order valence-electron chi connectivity index (χ2n) is 7.35. The predicted octanol–water partition coefficient (Wildman–Crippen LogP) is 1.68. The molecule has 2 aliphatic rings. The Balaban J connectivity index is 1.34. The minimum atomic E-state index is -0.131. The number of methoxy groups -OCH3 is 2. The van der Waals surface area contributed by atoms with Crippen LogP contribution in [-0.4, -0.2) is 87.8 Å². The number of hydrogen-bond donors (Lipinski definition) is 1. The first-order valence-electron chi connectivity index (χ1n) is 10.4. The Labute approximate surface area is 181 Å². The topological polar surface area (TPSA) is 92.3 Å². The number of hydrogen-bond acceptors (Lipinski definition) is 8. The summed E-state index contributed by atoms with van der Waals surface area (Å²) in [5.41, 5.74) is 1.69. The third kappa shape index (κ3) is 4.91. The Hall–Kier alpha value is -3.27.